The molecule has 0 amide bonds. The molecule has 5 heavy (non-hydrogen) atoms. The third-order valence-electron chi connectivity index (χ3n) is 0.194. The van der Waals surface area contributed by atoms with Crippen LogP contribution in [0, 0.1) is 0 Å². The molecule has 0 radical (unpaired) electrons. The number of halogens is 1. The SMILES string of the molecule is OCC=CF. The van der Waals surface area contributed by atoms with Gasteiger partial charge in [-0.3, -0.25) is 0 Å². The van der Waals surface area contributed by atoms with Crippen molar-refractivity contribution >= 4 is 0 Å². The van der Waals surface area contributed by atoms with E-state index in [2.05, 4.69) is 0 Å². The predicted octanol–water partition coefficient (Wildman–Crippen LogP) is 0.462. The molecule has 0 aromatic rings. The van der Waals surface area contributed by atoms with Crippen LogP contribution in [0.3, 0.4) is 0 Å². The van der Waals surface area contributed by atoms with Crippen LogP contribution in [0.15, 0.2) is 12.4 Å². The molecule has 0 aromatic carbocycles. The second kappa shape index (κ2) is 3.63. The van der Waals surface area contributed by atoms with Crippen molar-refractivity contribution in [3.63, 3.8) is 0 Å². The summed E-state index contributed by atoms with van der Waals surface area (Å²) in [7, 11) is 0. The maximum atomic E-state index is 10.7. The van der Waals surface area contributed by atoms with Crippen LogP contribution in [-0.2, 0) is 0 Å². The third kappa shape index (κ3) is 3.63. The number of hydrogen-bond donors (Lipinski definition) is 1. The van der Waals surface area contributed by atoms with E-state index in [1.807, 2.05) is 0 Å². The van der Waals surface area contributed by atoms with E-state index < -0.39 is 0 Å². The zero-order valence-corrected chi connectivity index (χ0v) is 2.69. The van der Waals surface area contributed by atoms with Gasteiger partial charge in [0.15, 0.2) is 0 Å². The third-order valence-corrected chi connectivity index (χ3v) is 0.194. The lowest BCUT2D eigenvalue weighted by Crippen LogP contribution is -1.64. The molecule has 0 atom stereocenters. The summed E-state index contributed by atoms with van der Waals surface area (Å²) >= 11 is 0. The molecule has 0 heterocycles. The molecular weight excluding hydrogens is 71.0 g/mol. The van der Waals surface area contributed by atoms with Crippen LogP contribution < -0.4 is 0 Å². The lowest BCUT2D eigenvalue weighted by Gasteiger charge is -1.64. The van der Waals surface area contributed by atoms with Gasteiger partial charge < -0.3 is 5.11 Å². The summed E-state index contributed by atoms with van der Waals surface area (Å²) in [5.41, 5.74) is 0. The second-order valence-electron chi connectivity index (χ2n) is 0.544. The number of hydrogen-bond acceptors (Lipinski definition) is 1. The van der Waals surface area contributed by atoms with Gasteiger partial charge in [0.25, 0.3) is 0 Å². The van der Waals surface area contributed by atoms with Crippen LogP contribution in [0.2, 0.25) is 0 Å². The highest BCUT2D eigenvalue weighted by Crippen LogP contribution is 1.65. The van der Waals surface area contributed by atoms with Crippen LogP contribution in [0.5, 0.6) is 0 Å². The maximum Gasteiger partial charge on any atom is 0.0849 e. The molecule has 1 N–H and O–H groups in total. The Hall–Kier alpha value is -0.370. The van der Waals surface area contributed by atoms with Crippen molar-refractivity contribution in [3.05, 3.63) is 12.4 Å². The molecule has 0 saturated carbocycles. The van der Waals surface area contributed by atoms with Gasteiger partial charge in [0.2, 0.25) is 0 Å². The Bertz CT molecular complexity index is 33.9. The molecule has 30 valence electrons. The Labute approximate surface area is 29.7 Å². The zero-order chi connectivity index (χ0) is 4.12. The topological polar surface area (TPSA) is 20.2 Å². The lowest BCUT2D eigenvalue weighted by atomic mass is 10.7. The molecule has 0 aliphatic carbocycles. The highest BCUT2D eigenvalue weighted by molar-refractivity contribution is 4.68. The fourth-order valence-electron chi connectivity index (χ4n) is 0.0398. The van der Waals surface area contributed by atoms with E-state index in [0.29, 0.717) is 6.33 Å². The van der Waals surface area contributed by atoms with E-state index in [-0.39, 0.29) is 6.61 Å². The molecule has 0 aliphatic heterocycles. The molecule has 0 saturated heterocycles. The Morgan fingerprint density at radius 2 is 2.40 bits per heavy atom. The second-order valence-corrected chi connectivity index (χ2v) is 0.544. The van der Waals surface area contributed by atoms with Crippen molar-refractivity contribution in [1.82, 2.24) is 0 Å². The van der Waals surface area contributed by atoms with Gasteiger partial charge >= 0.3 is 0 Å². The minimum Gasteiger partial charge on any atom is -0.392 e. The Kier molecular flexibility index (Phi) is 3.36. The first-order chi connectivity index (χ1) is 2.41. The van der Waals surface area contributed by atoms with Crippen molar-refractivity contribution < 1.29 is 9.50 Å². The monoisotopic (exact) mass is 76.0 g/mol. The quantitative estimate of drug-likeness (QED) is 0.481. The molecule has 0 bridgehead atoms. The van der Waals surface area contributed by atoms with Gasteiger partial charge in [0.05, 0.1) is 12.9 Å². The Morgan fingerprint density at radius 1 is 1.80 bits per heavy atom. The van der Waals surface area contributed by atoms with E-state index in [4.69, 9.17) is 5.11 Å². The van der Waals surface area contributed by atoms with E-state index in [1.165, 1.54) is 0 Å². The van der Waals surface area contributed by atoms with Crippen molar-refractivity contribution in [3.8, 4) is 0 Å². The average molecular weight is 76.1 g/mol. The molecule has 0 spiro atoms. The van der Waals surface area contributed by atoms with Crippen molar-refractivity contribution in [2.75, 3.05) is 6.61 Å². The van der Waals surface area contributed by atoms with Crippen LogP contribution >= 0.6 is 0 Å². The predicted molar refractivity (Wildman–Crippen MR) is 17.3 cm³/mol. The van der Waals surface area contributed by atoms with Crippen LogP contribution in [0.1, 0.15) is 0 Å². The fourth-order valence-corrected chi connectivity index (χ4v) is 0.0398. The molecule has 0 fully saturated rings. The summed E-state index contributed by atoms with van der Waals surface area (Å²) in [5, 5.41) is 7.74. The van der Waals surface area contributed by atoms with E-state index in [0.717, 1.165) is 6.08 Å². The Balaban J connectivity index is 2.62. The zero-order valence-electron chi connectivity index (χ0n) is 2.69. The minimum atomic E-state index is -0.212. The van der Waals surface area contributed by atoms with Gasteiger partial charge in [-0.05, 0) is 6.08 Å². The maximum absolute atomic E-state index is 10.7. The van der Waals surface area contributed by atoms with Gasteiger partial charge in [-0.15, -0.1) is 0 Å². The molecule has 0 aliphatic rings. The summed E-state index contributed by atoms with van der Waals surface area (Å²) in [6.07, 6.45) is 1.32. The summed E-state index contributed by atoms with van der Waals surface area (Å²) in [4.78, 5) is 0. The summed E-state index contributed by atoms with van der Waals surface area (Å²) in [5.74, 6) is 0. The summed E-state index contributed by atoms with van der Waals surface area (Å²) < 4.78 is 10.7. The molecule has 0 aromatic heterocycles. The van der Waals surface area contributed by atoms with E-state index in [1.54, 1.807) is 0 Å². The number of aliphatic hydroxyl groups excluding tert-OH is 1. The molecule has 2 heteroatoms. The molecular formula is C3H5FO. The smallest absolute Gasteiger partial charge is 0.0849 e. The number of rotatable bonds is 1. The summed E-state index contributed by atoms with van der Waals surface area (Å²) in [6.45, 7) is -0.212. The largest absolute Gasteiger partial charge is 0.392 e. The standard InChI is InChI=1S/C3H5FO/c4-2-1-3-5/h1-2,5H,3H2. The summed E-state index contributed by atoms with van der Waals surface area (Å²) in [6, 6.07) is 0. The minimum absolute atomic E-state index is 0.212. The van der Waals surface area contributed by atoms with Crippen LogP contribution in [0.25, 0.3) is 0 Å². The average Bonchev–Trinajstić information content (AvgIpc) is 1.41. The fraction of sp³-hybridized carbons (Fsp3) is 0.333. The van der Waals surface area contributed by atoms with Gasteiger partial charge in [-0.2, -0.15) is 0 Å². The normalized spacial score (nSPS) is 10.0. The van der Waals surface area contributed by atoms with Gasteiger partial charge in [0, 0.05) is 0 Å². The van der Waals surface area contributed by atoms with Gasteiger partial charge in [0.1, 0.15) is 0 Å². The first-order valence-electron chi connectivity index (χ1n) is 1.28. The lowest BCUT2D eigenvalue weighted by molar-refractivity contribution is 0.341. The molecule has 1 nitrogen and oxygen atoms in total. The van der Waals surface area contributed by atoms with Gasteiger partial charge in [-0.25, -0.2) is 4.39 Å². The molecule has 0 rings (SSSR count). The van der Waals surface area contributed by atoms with E-state index >= 15 is 0 Å². The first-order valence-corrected chi connectivity index (χ1v) is 1.28. The van der Waals surface area contributed by atoms with Crippen molar-refractivity contribution in [2.45, 2.75) is 0 Å². The van der Waals surface area contributed by atoms with Gasteiger partial charge in [-0.1, -0.05) is 0 Å². The highest BCUT2D eigenvalue weighted by atomic mass is 19.1. The molecule has 0 unspecified atom stereocenters. The van der Waals surface area contributed by atoms with Crippen molar-refractivity contribution in [2.24, 2.45) is 0 Å². The number of aliphatic hydroxyl groups is 1. The Morgan fingerprint density at radius 3 is 2.40 bits per heavy atom. The van der Waals surface area contributed by atoms with E-state index in [9.17, 15) is 4.39 Å². The highest BCUT2D eigenvalue weighted by Gasteiger charge is 1.55. The first kappa shape index (κ1) is 4.63. The van der Waals surface area contributed by atoms with Crippen molar-refractivity contribution in [1.29, 1.82) is 0 Å². The van der Waals surface area contributed by atoms with Crippen LogP contribution in [-0.4, -0.2) is 11.7 Å². The van der Waals surface area contributed by atoms with Crippen LogP contribution in [0.4, 0.5) is 4.39 Å².